The van der Waals surface area contributed by atoms with E-state index in [0.29, 0.717) is 36.8 Å². The number of benzene rings is 1. The number of hydrogen-bond donors (Lipinski definition) is 1. The van der Waals surface area contributed by atoms with E-state index >= 15 is 0 Å². The molecule has 0 aliphatic carbocycles. The second-order valence-electron chi connectivity index (χ2n) is 7.47. The average Bonchev–Trinajstić information content (AvgIpc) is 3.34. The highest BCUT2D eigenvalue weighted by Crippen LogP contribution is 2.23. The van der Waals surface area contributed by atoms with E-state index in [4.69, 9.17) is 11.6 Å². The second-order valence-corrected chi connectivity index (χ2v) is 7.91. The Kier molecular flexibility index (Phi) is 6.51. The Balaban J connectivity index is 1.45. The number of aromatic nitrogens is 5. The molecule has 0 spiro atoms. The van der Waals surface area contributed by atoms with E-state index in [1.165, 1.54) is 17.2 Å². The van der Waals surface area contributed by atoms with E-state index in [9.17, 15) is 9.59 Å². The highest BCUT2D eigenvalue weighted by Gasteiger charge is 2.33. The van der Waals surface area contributed by atoms with Crippen LogP contribution in [0.25, 0.3) is 0 Å². The van der Waals surface area contributed by atoms with Gasteiger partial charge in [-0.3, -0.25) is 9.59 Å². The molecule has 0 bridgehead atoms. The lowest BCUT2D eigenvalue weighted by Crippen LogP contribution is -2.47. The zero-order valence-electron chi connectivity index (χ0n) is 16.8. The number of pyridine rings is 1. The Morgan fingerprint density at radius 3 is 2.74 bits per heavy atom. The van der Waals surface area contributed by atoms with Gasteiger partial charge in [-0.2, -0.15) is 0 Å². The lowest BCUT2D eigenvalue weighted by Gasteiger charge is -2.34. The van der Waals surface area contributed by atoms with Crippen molar-refractivity contribution >= 4 is 29.2 Å². The molecule has 1 aromatic carbocycles. The molecule has 9 nitrogen and oxygen atoms in total. The fourth-order valence-electron chi connectivity index (χ4n) is 3.72. The molecular formula is C21H22ClN7O2. The van der Waals surface area contributed by atoms with Gasteiger partial charge in [0.2, 0.25) is 11.8 Å². The highest BCUT2D eigenvalue weighted by atomic mass is 35.5. The maximum absolute atomic E-state index is 13.4. The van der Waals surface area contributed by atoms with Crippen LogP contribution in [-0.4, -0.2) is 55.0 Å². The average molecular weight is 440 g/mol. The zero-order valence-corrected chi connectivity index (χ0v) is 17.5. The summed E-state index contributed by atoms with van der Waals surface area (Å²) in [5.74, 6) is -0.137. The summed E-state index contributed by atoms with van der Waals surface area (Å²) in [5.41, 5.74) is 1.01. The Morgan fingerprint density at radius 2 is 2.03 bits per heavy atom. The van der Waals surface area contributed by atoms with Crippen molar-refractivity contribution in [3.63, 3.8) is 0 Å². The number of nitrogens with zero attached hydrogens (tertiary/aromatic N) is 6. The standard InChI is InChI=1S/C21H22ClN7O2/c22-17-8-9-19(23-12-17)25-20(30)16-7-4-10-28(13-16)21(31)18(29-14-24-26-27-29)11-15-5-2-1-3-6-15/h1-3,5-6,8-9,12,14,16,18H,4,7,10-11,13H2,(H,23,25,30). The highest BCUT2D eigenvalue weighted by molar-refractivity contribution is 6.30. The number of amides is 2. The van der Waals surface area contributed by atoms with Crippen LogP contribution in [0.4, 0.5) is 5.82 Å². The smallest absolute Gasteiger partial charge is 0.247 e. The minimum atomic E-state index is -0.572. The molecule has 1 N–H and O–H groups in total. The number of likely N-dealkylation sites (tertiary alicyclic amines) is 1. The first-order chi connectivity index (χ1) is 15.1. The molecule has 2 aromatic heterocycles. The SMILES string of the molecule is O=C(Nc1ccc(Cl)cn1)C1CCCN(C(=O)C(Cc2ccccc2)n2cnnn2)C1. The third-order valence-corrected chi connectivity index (χ3v) is 5.55. The molecule has 31 heavy (non-hydrogen) atoms. The minimum absolute atomic E-state index is 0.0988. The molecule has 3 aromatic rings. The molecule has 2 unspecified atom stereocenters. The van der Waals surface area contributed by atoms with E-state index in [1.54, 1.807) is 17.0 Å². The summed E-state index contributed by atoms with van der Waals surface area (Å²) in [7, 11) is 0. The van der Waals surface area contributed by atoms with E-state index in [0.717, 1.165) is 12.0 Å². The normalized spacial score (nSPS) is 17.2. The Labute approximate surface area is 184 Å². The van der Waals surface area contributed by atoms with E-state index in [-0.39, 0.29) is 17.7 Å². The van der Waals surface area contributed by atoms with E-state index in [2.05, 4.69) is 25.8 Å². The maximum Gasteiger partial charge on any atom is 0.247 e. The van der Waals surface area contributed by atoms with Gasteiger partial charge in [0.1, 0.15) is 18.2 Å². The maximum atomic E-state index is 13.4. The number of anilines is 1. The Bertz CT molecular complexity index is 1010. The van der Waals surface area contributed by atoms with Crippen LogP contribution in [0.1, 0.15) is 24.4 Å². The summed E-state index contributed by atoms with van der Waals surface area (Å²) in [6, 6.07) is 12.5. The van der Waals surface area contributed by atoms with Gasteiger partial charge in [0.25, 0.3) is 0 Å². The number of carbonyl (C=O) groups is 2. The van der Waals surface area contributed by atoms with Gasteiger partial charge in [-0.1, -0.05) is 41.9 Å². The molecule has 10 heteroatoms. The van der Waals surface area contributed by atoms with Gasteiger partial charge in [0, 0.05) is 25.7 Å². The molecule has 0 saturated carbocycles. The molecule has 4 rings (SSSR count). The van der Waals surface area contributed by atoms with Gasteiger partial charge >= 0.3 is 0 Å². The first-order valence-corrected chi connectivity index (χ1v) is 10.5. The fourth-order valence-corrected chi connectivity index (χ4v) is 3.83. The predicted octanol–water partition coefficient (Wildman–Crippen LogP) is 2.38. The summed E-state index contributed by atoms with van der Waals surface area (Å²) in [6.45, 7) is 0.931. The number of piperidine rings is 1. The van der Waals surface area contributed by atoms with Gasteiger partial charge in [-0.15, -0.1) is 5.10 Å². The van der Waals surface area contributed by atoms with Crippen LogP contribution in [0.3, 0.4) is 0 Å². The summed E-state index contributed by atoms with van der Waals surface area (Å²) in [6.07, 6.45) is 4.84. The molecule has 1 fully saturated rings. The minimum Gasteiger partial charge on any atom is -0.340 e. The molecule has 2 amide bonds. The summed E-state index contributed by atoms with van der Waals surface area (Å²) in [4.78, 5) is 32.0. The van der Waals surface area contributed by atoms with Gasteiger partial charge in [0.15, 0.2) is 0 Å². The van der Waals surface area contributed by atoms with Crippen molar-refractivity contribution in [2.45, 2.75) is 25.3 Å². The van der Waals surface area contributed by atoms with Crippen LogP contribution >= 0.6 is 11.6 Å². The summed E-state index contributed by atoms with van der Waals surface area (Å²) in [5, 5.41) is 14.6. The number of rotatable bonds is 6. The fraction of sp³-hybridized carbons (Fsp3) is 0.333. The number of nitrogens with one attached hydrogen (secondary N) is 1. The number of hydrogen-bond acceptors (Lipinski definition) is 6. The van der Waals surface area contributed by atoms with Gasteiger partial charge in [-0.25, -0.2) is 9.67 Å². The molecule has 0 radical (unpaired) electrons. The third kappa shape index (κ3) is 5.24. The first kappa shape index (κ1) is 20.9. The van der Waals surface area contributed by atoms with Gasteiger partial charge in [-0.05, 0) is 41.0 Å². The summed E-state index contributed by atoms with van der Waals surface area (Å²) < 4.78 is 1.48. The van der Waals surface area contributed by atoms with Gasteiger partial charge < -0.3 is 10.2 Å². The number of carbonyl (C=O) groups excluding carboxylic acids is 2. The molecular weight excluding hydrogens is 418 g/mol. The van der Waals surface area contributed by atoms with Crippen molar-refractivity contribution in [3.05, 3.63) is 65.6 Å². The summed E-state index contributed by atoms with van der Waals surface area (Å²) >= 11 is 5.85. The van der Waals surface area contributed by atoms with Crippen LogP contribution in [0.2, 0.25) is 5.02 Å². The van der Waals surface area contributed by atoms with Crippen molar-refractivity contribution in [2.75, 3.05) is 18.4 Å². The van der Waals surface area contributed by atoms with Crippen molar-refractivity contribution in [1.29, 1.82) is 0 Å². The lowest BCUT2D eigenvalue weighted by molar-refractivity contribution is -0.138. The lowest BCUT2D eigenvalue weighted by atomic mass is 9.95. The largest absolute Gasteiger partial charge is 0.340 e. The van der Waals surface area contributed by atoms with E-state index in [1.807, 2.05) is 30.3 Å². The molecule has 160 valence electrons. The van der Waals surface area contributed by atoms with Gasteiger partial charge in [0.05, 0.1) is 10.9 Å². The van der Waals surface area contributed by atoms with Crippen LogP contribution in [-0.2, 0) is 16.0 Å². The molecule has 2 atom stereocenters. The number of halogens is 1. The molecule has 3 heterocycles. The predicted molar refractivity (Wildman–Crippen MR) is 114 cm³/mol. The quantitative estimate of drug-likeness (QED) is 0.632. The zero-order chi connectivity index (χ0) is 21.6. The second kappa shape index (κ2) is 9.65. The van der Waals surface area contributed by atoms with Crippen molar-refractivity contribution in [3.8, 4) is 0 Å². The molecule has 1 aliphatic heterocycles. The van der Waals surface area contributed by atoms with Crippen molar-refractivity contribution < 1.29 is 9.59 Å². The first-order valence-electron chi connectivity index (χ1n) is 10.1. The van der Waals surface area contributed by atoms with Crippen molar-refractivity contribution in [2.24, 2.45) is 5.92 Å². The topological polar surface area (TPSA) is 106 Å². The van der Waals surface area contributed by atoms with Crippen LogP contribution in [0.5, 0.6) is 0 Å². The van der Waals surface area contributed by atoms with Crippen LogP contribution < -0.4 is 5.32 Å². The third-order valence-electron chi connectivity index (χ3n) is 5.32. The van der Waals surface area contributed by atoms with E-state index < -0.39 is 6.04 Å². The molecule has 1 saturated heterocycles. The monoisotopic (exact) mass is 439 g/mol. The van der Waals surface area contributed by atoms with Crippen LogP contribution in [0.15, 0.2) is 55.0 Å². The Morgan fingerprint density at radius 1 is 1.19 bits per heavy atom. The molecule has 1 aliphatic rings. The van der Waals surface area contributed by atoms with Crippen LogP contribution in [0, 0.1) is 5.92 Å². The Hall–Kier alpha value is -3.33. The van der Waals surface area contributed by atoms with Crippen molar-refractivity contribution in [1.82, 2.24) is 30.1 Å². The number of tetrazole rings is 1.